The summed E-state index contributed by atoms with van der Waals surface area (Å²) in [4.78, 5) is 20.3. The standard InChI is InChI=1S/C19H24BrN3OS/c1-4-23(14(2)3)13-12-21-18(24)17-6-5-11-22-19(17)25-16-9-7-15(20)8-10-16/h5-11,14H,4,12-13H2,1-3H3,(H,21,24). The van der Waals surface area contributed by atoms with Gasteiger partial charge in [-0.25, -0.2) is 4.98 Å². The molecule has 1 N–H and O–H groups in total. The van der Waals surface area contributed by atoms with Crippen molar-refractivity contribution in [2.45, 2.75) is 36.7 Å². The average Bonchev–Trinajstić information content (AvgIpc) is 2.60. The number of carbonyl (C=O) groups is 1. The van der Waals surface area contributed by atoms with E-state index in [1.54, 1.807) is 12.3 Å². The summed E-state index contributed by atoms with van der Waals surface area (Å²) < 4.78 is 1.03. The number of benzene rings is 1. The van der Waals surface area contributed by atoms with Crippen molar-refractivity contribution >= 4 is 33.6 Å². The first-order chi connectivity index (χ1) is 12.0. The van der Waals surface area contributed by atoms with E-state index in [4.69, 9.17) is 0 Å². The minimum Gasteiger partial charge on any atom is -0.351 e. The summed E-state index contributed by atoms with van der Waals surface area (Å²) >= 11 is 4.93. The molecule has 6 heteroatoms. The largest absolute Gasteiger partial charge is 0.351 e. The van der Waals surface area contributed by atoms with E-state index < -0.39 is 0 Å². The molecule has 2 aromatic rings. The van der Waals surface area contributed by atoms with Crippen LogP contribution in [0.4, 0.5) is 0 Å². The third-order valence-corrected chi connectivity index (χ3v) is 5.42. The maximum atomic E-state index is 12.6. The van der Waals surface area contributed by atoms with Crippen molar-refractivity contribution in [1.82, 2.24) is 15.2 Å². The summed E-state index contributed by atoms with van der Waals surface area (Å²) in [5.41, 5.74) is 0.614. The lowest BCUT2D eigenvalue weighted by Gasteiger charge is -2.24. The molecule has 25 heavy (non-hydrogen) atoms. The highest BCUT2D eigenvalue weighted by Crippen LogP contribution is 2.29. The Morgan fingerprint density at radius 1 is 1.28 bits per heavy atom. The minimum absolute atomic E-state index is 0.0764. The van der Waals surface area contributed by atoms with Gasteiger partial charge in [0.2, 0.25) is 0 Å². The maximum Gasteiger partial charge on any atom is 0.254 e. The van der Waals surface area contributed by atoms with Crippen molar-refractivity contribution in [2.24, 2.45) is 0 Å². The van der Waals surface area contributed by atoms with Crippen LogP contribution < -0.4 is 5.32 Å². The van der Waals surface area contributed by atoms with Crippen molar-refractivity contribution in [1.29, 1.82) is 0 Å². The van der Waals surface area contributed by atoms with Gasteiger partial charge in [-0.3, -0.25) is 9.69 Å². The molecule has 2 rings (SSSR count). The van der Waals surface area contributed by atoms with Crippen molar-refractivity contribution < 1.29 is 4.79 Å². The van der Waals surface area contributed by atoms with Gasteiger partial charge in [-0.15, -0.1) is 0 Å². The highest BCUT2D eigenvalue weighted by atomic mass is 79.9. The van der Waals surface area contributed by atoms with E-state index in [0.29, 0.717) is 18.2 Å². The molecule has 0 atom stereocenters. The van der Waals surface area contributed by atoms with Crippen molar-refractivity contribution in [3.05, 3.63) is 52.6 Å². The molecule has 1 aromatic carbocycles. The summed E-state index contributed by atoms with van der Waals surface area (Å²) in [7, 11) is 0. The van der Waals surface area contributed by atoms with Gasteiger partial charge >= 0.3 is 0 Å². The van der Waals surface area contributed by atoms with E-state index in [0.717, 1.165) is 27.5 Å². The summed E-state index contributed by atoms with van der Waals surface area (Å²) in [5, 5.41) is 3.73. The zero-order valence-electron chi connectivity index (χ0n) is 14.8. The van der Waals surface area contributed by atoms with E-state index in [1.165, 1.54) is 11.8 Å². The van der Waals surface area contributed by atoms with Crippen molar-refractivity contribution in [3.8, 4) is 0 Å². The summed E-state index contributed by atoms with van der Waals surface area (Å²) in [6.07, 6.45) is 1.72. The number of amides is 1. The number of nitrogens with one attached hydrogen (secondary N) is 1. The molecule has 0 radical (unpaired) electrons. The van der Waals surface area contributed by atoms with Crippen LogP contribution in [0, 0.1) is 0 Å². The van der Waals surface area contributed by atoms with Gasteiger partial charge < -0.3 is 5.32 Å². The van der Waals surface area contributed by atoms with Gasteiger partial charge in [0.1, 0.15) is 5.03 Å². The molecule has 0 spiro atoms. The Hall–Kier alpha value is -1.37. The molecular formula is C19H24BrN3OS. The molecule has 0 unspecified atom stereocenters. The van der Waals surface area contributed by atoms with Crippen LogP contribution in [0.25, 0.3) is 0 Å². The first-order valence-corrected chi connectivity index (χ1v) is 10.0. The topological polar surface area (TPSA) is 45.2 Å². The van der Waals surface area contributed by atoms with E-state index in [2.05, 4.69) is 51.9 Å². The Morgan fingerprint density at radius 2 is 2.00 bits per heavy atom. The number of aromatic nitrogens is 1. The molecule has 0 aliphatic rings. The van der Waals surface area contributed by atoms with Gasteiger partial charge in [-0.05, 0) is 56.8 Å². The van der Waals surface area contributed by atoms with Crippen LogP contribution in [0.5, 0.6) is 0 Å². The average molecular weight is 422 g/mol. The predicted octanol–water partition coefficient (Wildman–Crippen LogP) is 4.46. The molecule has 0 saturated heterocycles. The molecule has 1 aromatic heterocycles. The van der Waals surface area contributed by atoms with Gasteiger partial charge in [0.15, 0.2) is 0 Å². The number of hydrogen-bond acceptors (Lipinski definition) is 4. The van der Waals surface area contributed by atoms with Crippen LogP contribution >= 0.6 is 27.7 Å². The number of halogens is 1. The van der Waals surface area contributed by atoms with Crippen LogP contribution in [0.15, 0.2) is 57.0 Å². The summed E-state index contributed by atoms with van der Waals surface area (Å²) in [5.74, 6) is -0.0764. The smallest absolute Gasteiger partial charge is 0.254 e. The Balaban J connectivity index is 2.01. The van der Waals surface area contributed by atoms with Crippen LogP contribution in [-0.2, 0) is 0 Å². The second-order valence-corrected chi connectivity index (χ2v) is 7.87. The maximum absolute atomic E-state index is 12.6. The lowest BCUT2D eigenvalue weighted by atomic mass is 10.2. The second-order valence-electron chi connectivity index (χ2n) is 5.89. The predicted molar refractivity (Wildman–Crippen MR) is 107 cm³/mol. The summed E-state index contributed by atoms with van der Waals surface area (Å²) in [6, 6.07) is 12.1. The Kier molecular flexibility index (Phi) is 7.93. The lowest BCUT2D eigenvalue weighted by Crippen LogP contribution is -2.38. The van der Waals surface area contributed by atoms with Crippen molar-refractivity contribution in [3.63, 3.8) is 0 Å². The molecule has 0 aliphatic carbocycles. The summed E-state index contributed by atoms with van der Waals surface area (Å²) in [6.45, 7) is 8.91. The quantitative estimate of drug-likeness (QED) is 0.683. The molecule has 4 nitrogen and oxygen atoms in total. The van der Waals surface area contributed by atoms with E-state index in [-0.39, 0.29) is 5.91 Å². The van der Waals surface area contributed by atoms with Gasteiger partial charge in [0.25, 0.3) is 5.91 Å². The molecular weight excluding hydrogens is 398 g/mol. The number of hydrogen-bond donors (Lipinski definition) is 1. The zero-order valence-corrected chi connectivity index (χ0v) is 17.2. The molecule has 0 fully saturated rings. The fourth-order valence-electron chi connectivity index (χ4n) is 2.45. The van der Waals surface area contributed by atoms with E-state index in [9.17, 15) is 4.79 Å². The number of carbonyl (C=O) groups excluding carboxylic acids is 1. The number of likely N-dealkylation sites (N-methyl/N-ethyl adjacent to an activating group) is 1. The first kappa shape index (κ1) is 19.9. The van der Waals surface area contributed by atoms with Crippen LogP contribution in [0.3, 0.4) is 0 Å². The van der Waals surface area contributed by atoms with Crippen LogP contribution in [0.2, 0.25) is 0 Å². The third kappa shape index (κ3) is 6.13. The Morgan fingerprint density at radius 3 is 2.64 bits per heavy atom. The number of pyridine rings is 1. The minimum atomic E-state index is -0.0764. The fraction of sp³-hybridized carbons (Fsp3) is 0.368. The highest BCUT2D eigenvalue weighted by Gasteiger charge is 2.14. The molecule has 0 aliphatic heterocycles. The normalized spacial score (nSPS) is 11.1. The second kappa shape index (κ2) is 9.94. The van der Waals surface area contributed by atoms with Gasteiger partial charge in [-0.2, -0.15) is 0 Å². The zero-order chi connectivity index (χ0) is 18.2. The molecule has 134 valence electrons. The fourth-order valence-corrected chi connectivity index (χ4v) is 3.59. The Bertz CT molecular complexity index is 691. The monoisotopic (exact) mass is 421 g/mol. The van der Waals surface area contributed by atoms with E-state index >= 15 is 0 Å². The van der Waals surface area contributed by atoms with Gasteiger partial charge in [-0.1, -0.05) is 34.6 Å². The van der Waals surface area contributed by atoms with Crippen LogP contribution in [-0.4, -0.2) is 41.5 Å². The van der Waals surface area contributed by atoms with Crippen molar-refractivity contribution in [2.75, 3.05) is 19.6 Å². The van der Waals surface area contributed by atoms with E-state index in [1.807, 2.05) is 30.3 Å². The highest BCUT2D eigenvalue weighted by molar-refractivity contribution is 9.10. The van der Waals surface area contributed by atoms with Crippen LogP contribution in [0.1, 0.15) is 31.1 Å². The van der Waals surface area contributed by atoms with Gasteiger partial charge in [0.05, 0.1) is 5.56 Å². The third-order valence-electron chi connectivity index (χ3n) is 3.86. The number of rotatable bonds is 8. The van der Waals surface area contributed by atoms with Gasteiger partial charge in [0, 0.05) is 34.7 Å². The molecule has 1 amide bonds. The molecule has 0 bridgehead atoms. The number of nitrogens with zero attached hydrogens (tertiary/aromatic N) is 2. The Labute approximate surface area is 162 Å². The SMILES string of the molecule is CCN(CCNC(=O)c1cccnc1Sc1ccc(Br)cc1)C(C)C. The molecule has 1 heterocycles. The molecule has 0 saturated carbocycles. The first-order valence-electron chi connectivity index (χ1n) is 8.42. The lowest BCUT2D eigenvalue weighted by molar-refractivity contribution is 0.0942.